The summed E-state index contributed by atoms with van der Waals surface area (Å²) in [6.07, 6.45) is 102. The summed E-state index contributed by atoms with van der Waals surface area (Å²) in [6.45, 7) is 6.30. The first-order chi connectivity index (χ1) is 41.0. The van der Waals surface area contributed by atoms with Crippen molar-refractivity contribution in [3.63, 3.8) is 0 Å². The van der Waals surface area contributed by atoms with E-state index >= 15 is 0 Å². The Hall–Kier alpha value is -5.23. The van der Waals surface area contributed by atoms with Gasteiger partial charge in [-0.1, -0.05) is 294 Å². The van der Waals surface area contributed by atoms with E-state index in [1.807, 2.05) is 6.08 Å². The maximum absolute atomic E-state index is 12.9. The van der Waals surface area contributed by atoms with Crippen molar-refractivity contribution in [2.75, 3.05) is 13.2 Å². The summed E-state index contributed by atoms with van der Waals surface area (Å²) < 4.78 is 16.8. The zero-order valence-electron chi connectivity index (χ0n) is 53.4. The molecule has 0 aromatic rings. The topological polar surface area (TPSA) is 78.9 Å². The van der Waals surface area contributed by atoms with E-state index in [1.54, 1.807) is 6.08 Å². The summed E-state index contributed by atoms with van der Waals surface area (Å²) in [6, 6.07) is 0. The smallest absolute Gasteiger partial charge is 0.309 e. The molecule has 0 spiro atoms. The van der Waals surface area contributed by atoms with Crippen LogP contribution in [0.25, 0.3) is 0 Å². The number of carbonyl (C=O) groups is 3. The fourth-order valence-electron chi connectivity index (χ4n) is 8.76. The Morgan fingerprint density at radius 3 is 0.855 bits per heavy atom. The minimum atomic E-state index is -0.840. The summed E-state index contributed by atoms with van der Waals surface area (Å²) in [7, 11) is 0. The third-order valence-electron chi connectivity index (χ3n) is 13.7. The van der Waals surface area contributed by atoms with E-state index < -0.39 is 12.1 Å². The predicted molar refractivity (Wildman–Crippen MR) is 361 cm³/mol. The highest BCUT2D eigenvalue weighted by Crippen LogP contribution is 2.15. The molecule has 0 saturated carbocycles. The number of unbranched alkanes of at least 4 members (excludes halogenated alkanes) is 21. The van der Waals surface area contributed by atoms with Gasteiger partial charge in [0.15, 0.2) is 6.10 Å². The van der Waals surface area contributed by atoms with Crippen LogP contribution in [-0.4, -0.2) is 37.2 Å². The molecule has 0 rings (SSSR count). The number of hydrogen-bond acceptors (Lipinski definition) is 6. The van der Waals surface area contributed by atoms with Crippen molar-refractivity contribution in [1.29, 1.82) is 0 Å². The van der Waals surface area contributed by atoms with E-state index in [4.69, 9.17) is 14.2 Å². The minimum Gasteiger partial charge on any atom is -0.462 e. The van der Waals surface area contributed by atoms with Crippen LogP contribution < -0.4 is 0 Å². The first-order valence-electron chi connectivity index (χ1n) is 33.6. The molecule has 0 aliphatic rings. The van der Waals surface area contributed by atoms with E-state index in [2.05, 4.69) is 179 Å². The Morgan fingerprint density at radius 2 is 0.518 bits per heavy atom. The summed E-state index contributed by atoms with van der Waals surface area (Å²) in [5.41, 5.74) is 0. The SMILES string of the molecule is CC/C=C\C/C=C\C/C=C\C/C=C\C/C=C\C/C=C\C/C=C\C/C=C\CCCCCCC(=O)OCC(COC(=O)C/C=C\C/C=C\C/C=C\C/C=C\C/C=C\CC)OC(=O)CCCCCCCCCCC/C=C\CCCCCCCCCC. The second-order valence-corrected chi connectivity index (χ2v) is 21.6. The van der Waals surface area contributed by atoms with E-state index in [9.17, 15) is 14.4 Å². The van der Waals surface area contributed by atoms with Gasteiger partial charge in [-0.05, 0) is 135 Å². The molecule has 0 aromatic carbocycles. The quantitative estimate of drug-likeness (QED) is 0.0261. The monoisotopic (exact) mass is 1140 g/mol. The lowest BCUT2D eigenvalue weighted by molar-refractivity contribution is -0.166. The van der Waals surface area contributed by atoms with Crippen molar-refractivity contribution in [2.45, 2.75) is 284 Å². The van der Waals surface area contributed by atoms with Gasteiger partial charge in [-0.15, -0.1) is 0 Å². The number of hydrogen-bond donors (Lipinski definition) is 0. The van der Waals surface area contributed by atoms with Crippen LogP contribution in [0, 0.1) is 0 Å². The lowest BCUT2D eigenvalue weighted by Gasteiger charge is -2.18. The second kappa shape index (κ2) is 69.3. The number of esters is 3. The van der Waals surface area contributed by atoms with Crippen LogP contribution in [0.4, 0.5) is 0 Å². The number of allylic oxidation sites excluding steroid dienone is 27. The second-order valence-electron chi connectivity index (χ2n) is 21.6. The third-order valence-corrected chi connectivity index (χ3v) is 13.7. The standard InChI is InChI=1S/C77H122O6/c1-4-7-10-13-16-19-22-25-28-30-32-34-35-36-37-38-39-40-41-43-44-46-49-52-55-58-61-64-67-70-76(79)82-73-74(72-81-75(78)69-66-63-60-57-54-51-48-27-24-21-18-15-12-9-6-3)83-77(80)71-68-65-62-59-56-53-50-47-45-42-33-31-29-26-23-20-17-14-11-8-5-2/h7,9-10,12,16,18-19,21,25,27-28,31-34,36-37,39-40,43-44,48-49,52,54,57,63,66,74H,4-6,8,11,13-15,17,20,22-24,26,29-30,35,38,41-42,45-47,50-51,53,55-56,58-62,64-65,67-73H2,1-3H3/b10-7-,12-9-,19-16-,21-18-,28-25-,33-31-,34-32-,37-36-,40-39-,44-43-,48-27-,52-49-,57-54-,66-63-. The Kier molecular flexibility index (Phi) is 64.9. The predicted octanol–water partition coefficient (Wildman–Crippen LogP) is 23.4. The van der Waals surface area contributed by atoms with E-state index in [-0.39, 0.29) is 31.6 Å². The molecule has 0 aliphatic heterocycles. The van der Waals surface area contributed by atoms with Crippen molar-refractivity contribution in [1.82, 2.24) is 0 Å². The van der Waals surface area contributed by atoms with Crippen LogP contribution in [0.15, 0.2) is 170 Å². The summed E-state index contributed by atoms with van der Waals surface area (Å²) in [5.74, 6) is -1.09. The van der Waals surface area contributed by atoms with Crippen molar-refractivity contribution < 1.29 is 28.6 Å². The van der Waals surface area contributed by atoms with Crippen LogP contribution >= 0.6 is 0 Å². The van der Waals surface area contributed by atoms with Gasteiger partial charge in [0.1, 0.15) is 13.2 Å². The van der Waals surface area contributed by atoms with Gasteiger partial charge in [0, 0.05) is 12.8 Å². The van der Waals surface area contributed by atoms with Gasteiger partial charge in [-0.2, -0.15) is 0 Å². The van der Waals surface area contributed by atoms with Gasteiger partial charge in [0.2, 0.25) is 0 Å². The average molecular weight is 1140 g/mol. The van der Waals surface area contributed by atoms with Gasteiger partial charge in [-0.25, -0.2) is 0 Å². The number of rotatable bonds is 59. The van der Waals surface area contributed by atoms with Crippen molar-refractivity contribution in [3.8, 4) is 0 Å². The van der Waals surface area contributed by atoms with Gasteiger partial charge >= 0.3 is 17.9 Å². The van der Waals surface area contributed by atoms with Crippen molar-refractivity contribution in [2.24, 2.45) is 0 Å². The van der Waals surface area contributed by atoms with E-state index in [1.165, 1.54) is 103 Å². The molecule has 0 aliphatic carbocycles. The molecule has 1 atom stereocenters. The Labute approximate surface area is 511 Å². The van der Waals surface area contributed by atoms with Crippen molar-refractivity contribution in [3.05, 3.63) is 170 Å². The van der Waals surface area contributed by atoms with Crippen LogP contribution in [0.1, 0.15) is 278 Å². The van der Waals surface area contributed by atoms with Gasteiger partial charge in [0.25, 0.3) is 0 Å². The molecule has 1 unspecified atom stereocenters. The maximum atomic E-state index is 12.9. The average Bonchev–Trinajstić information content (AvgIpc) is 3.49. The summed E-state index contributed by atoms with van der Waals surface area (Å²) in [5, 5.41) is 0. The highest BCUT2D eigenvalue weighted by Gasteiger charge is 2.19. The number of carbonyl (C=O) groups excluding carboxylic acids is 3. The summed E-state index contributed by atoms with van der Waals surface area (Å²) in [4.78, 5) is 38.3. The zero-order chi connectivity index (χ0) is 59.9. The fraction of sp³-hybridized carbons (Fsp3) is 0.597. The lowest BCUT2D eigenvalue weighted by atomic mass is 10.1. The first-order valence-corrected chi connectivity index (χ1v) is 33.6. The highest BCUT2D eigenvalue weighted by atomic mass is 16.6. The molecular formula is C77H122O6. The third kappa shape index (κ3) is 67.4. The molecule has 0 N–H and O–H groups in total. The molecule has 0 bridgehead atoms. The van der Waals surface area contributed by atoms with Crippen LogP contribution in [-0.2, 0) is 28.6 Å². The molecule has 6 heteroatoms. The van der Waals surface area contributed by atoms with Crippen LogP contribution in [0.3, 0.4) is 0 Å². The molecule has 0 saturated heterocycles. The molecule has 6 nitrogen and oxygen atoms in total. The summed E-state index contributed by atoms with van der Waals surface area (Å²) >= 11 is 0. The van der Waals surface area contributed by atoms with E-state index in [0.717, 1.165) is 135 Å². The van der Waals surface area contributed by atoms with Crippen LogP contribution in [0.2, 0.25) is 0 Å². The molecule has 0 radical (unpaired) electrons. The Bertz CT molecular complexity index is 1890. The Balaban J connectivity index is 4.49. The molecular weight excluding hydrogens is 1020 g/mol. The first kappa shape index (κ1) is 77.8. The molecule has 0 amide bonds. The largest absolute Gasteiger partial charge is 0.462 e. The van der Waals surface area contributed by atoms with Gasteiger partial charge in [0.05, 0.1) is 6.42 Å². The Morgan fingerprint density at radius 1 is 0.265 bits per heavy atom. The zero-order valence-corrected chi connectivity index (χ0v) is 53.4. The number of ether oxygens (including phenoxy) is 3. The van der Waals surface area contributed by atoms with Gasteiger partial charge < -0.3 is 14.2 Å². The minimum absolute atomic E-state index is 0.114. The molecule has 83 heavy (non-hydrogen) atoms. The lowest BCUT2D eigenvalue weighted by Crippen LogP contribution is -2.30. The highest BCUT2D eigenvalue weighted by molar-refractivity contribution is 5.72. The van der Waals surface area contributed by atoms with Crippen molar-refractivity contribution >= 4 is 17.9 Å². The van der Waals surface area contributed by atoms with Gasteiger partial charge in [-0.3, -0.25) is 14.4 Å². The molecule has 0 fully saturated rings. The molecule has 0 heterocycles. The molecule has 466 valence electrons. The van der Waals surface area contributed by atoms with E-state index in [0.29, 0.717) is 12.8 Å². The van der Waals surface area contributed by atoms with Crippen LogP contribution in [0.5, 0.6) is 0 Å². The fourth-order valence-corrected chi connectivity index (χ4v) is 8.76. The maximum Gasteiger partial charge on any atom is 0.309 e. The molecule has 0 aromatic heterocycles. The normalized spacial score (nSPS) is 13.2.